The highest BCUT2D eigenvalue weighted by molar-refractivity contribution is 7.11. The second-order valence-electron chi connectivity index (χ2n) is 4.23. The van der Waals surface area contributed by atoms with E-state index < -0.39 is 0 Å². The lowest BCUT2D eigenvalue weighted by atomic mass is 10.1. The Bertz CT molecular complexity index is 493. The van der Waals surface area contributed by atoms with Gasteiger partial charge in [0, 0.05) is 28.7 Å². The van der Waals surface area contributed by atoms with Crippen molar-refractivity contribution < 1.29 is 0 Å². The maximum absolute atomic E-state index is 5.88. The van der Waals surface area contributed by atoms with Crippen molar-refractivity contribution in [1.82, 2.24) is 10.3 Å². The summed E-state index contributed by atoms with van der Waals surface area (Å²) in [4.78, 5) is 5.64. The van der Waals surface area contributed by atoms with Gasteiger partial charge in [0.1, 0.15) is 0 Å². The quantitative estimate of drug-likeness (QED) is 0.887. The molecule has 0 saturated heterocycles. The molecule has 1 heterocycles. The highest BCUT2D eigenvalue weighted by Crippen LogP contribution is 2.18. The normalized spacial score (nSPS) is 12.6. The van der Waals surface area contributed by atoms with E-state index in [1.807, 2.05) is 18.3 Å². The van der Waals surface area contributed by atoms with Crippen molar-refractivity contribution in [3.8, 4) is 0 Å². The minimum Gasteiger partial charge on any atom is -0.305 e. The zero-order valence-corrected chi connectivity index (χ0v) is 12.2. The van der Waals surface area contributed by atoms with E-state index in [1.165, 1.54) is 15.4 Å². The van der Waals surface area contributed by atoms with E-state index in [2.05, 4.69) is 36.3 Å². The Hall–Kier alpha value is -0.900. The largest absolute Gasteiger partial charge is 0.305 e. The number of rotatable bonds is 5. The zero-order valence-electron chi connectivity index (χ0n) is 10.6. The monoisotopic (exact) mass is 280 g/mol. The minimum absolute atomic E-state index is 0.314. The van der Waals surface area contributed by atoms with E-state index in [4.69, 9.17) is 11.6 Å². The summed E-state index contributed by atoms with van der Waals surface area (Å²) in [7, 11) is 0. The Labute approximate surface area is 117 Å². The van der Waals surface area contributed by atoms with Crippen molar-refractivity contribution in [1.29, 1.82) is 0 Å². The third-order valence-electron chi connectivity index (χ3n) is 2.86. The Kier molecular flexibility index (Phi) is 4.75. The molecule has 0 aliphatic rings. The minimum atomic E-state index is 0.314. The summed E-state index contributed by atoms with van der Waals surface area (Å²) in [5.41, 5.74) is 1.25. The van der Waals surface area contributed by atoms with Crippen LogP contribution in [0.3, 0.4) is 0 Å². The van der Waals surface area contributed by atoms with Crippen molar-refractivity contribution in [2.75, 3.05) is 0 Å². The summed E-state index contributed by atoms with van der Waals surface area (Å²) < 4.78 is 0. The number of aryl methyl sites for hydroxylation is 1. The van der Waals surface area contributed by atoms with E-state index in [0.717, 1.165) is 18.0 Å². The standard InChI is InChI=1S/C14H17ClN2S/c1-3-14-17-9-13(18-14)8-16-10(2)11-4-6-12(15)7-5-11/h4-7,9-10,16H,3,8H2,1-2H3/t10-/m1/s1. The molecule has 1 aromatic heterocycles. The summed E-state index contributed by atoms with van der Waals surface area (Å²) in [6.45, 7) is 5.15. The second-order valence-corrected chi connectivity index (χ2v) is 5.86. The first-order valence-corrected chi connectivity index (χ1v) is 7.31. The fourth-order valence-electron chi connectivity index (χ4n) is 1.72. The third kappa shape index (κ3) is 3.55. The summed E-state index contributed by atoms with van der Waals surface area (Å²) in [6, 6.07) is 8.29. The van der Waals surface area contributed by atoms with Gasteiger partial charge < -0.3 is 5.32 Å². The average molecular weight is 281 g/mol. The Balaban J connectivity index is 1.91. The maximum Gasteiger partial charge on any atom is 0.0925 e. The molecule has 0 bridgehead atoms. The highest BCUT2D eigenvalue weighted by Gasteiger charge is 2.06. The van der Waals surface area contributed by atoms with E-state index in [9.17, 15) is 0 Å². The second kappa shape index (κ2) is 6.32. The van der Waals surface area contributed by atoms with Gasteiger partial charge in [-0.25, -0.2) is 4.98 Å². The summed E-state index contributed by atoms with van der Waals surface area (Å²) >= 11 is 7.66. The van der Waals surface area contributed by atoms with Gasteiger partial charge in [-0.05, 0) is 31.0 Å². The number of aromatic nitrogens is 1. The van der Waals surface area contributed by atoms with Gasteiger partial charge in [0.25, 0.3) is 0 Å². The lowest BCUT2D eigenvalue weighted by Gasteiger charge is -2.13. The van der Waals surface area contributed by atoms with Gasteiger partial charge >= 0.3 is 0 Å². The third-order valence-corrected chi connectivity index (χ3v) is 4.25. The van der Waals surface area contributed by atoms with Crippen molar-refractivity contribution in [2.24, 2.45) is 0 Å². The van der Waals surface area contributed by atoms with Crippen molar-refractivity contribution in [3.05, 3.63) is 50.9 Å². The molecule has 0 aliphatic carbocycles. The molecule has 96 valence electrons. The molecular weight excluding hydrogens is 264 g/mol. The van der Waals surface area contributed by atoms with Crippen LogP contribution in [0.2, 0.25) is 5.02 Å². The molecule has 0 aliphatic heterocycles. The first-order chi connectivity index (χ1) is 8.69. The van der Waals surface area contributed by atoms with E-state index in [1.54, 1.807) is 11.3 Å². The molecule has 1 atom stereocenters. The van der Waals surface area contributed by atoms with Gasteiger partial charge in [-0.1, -0.05) is 30.7 Å². The van der Waals surface area contributed by atoms with Crippen LogP contribution >= 0.6 is 22.9 Å². The van der Waals surface area contributed by atoms with Gasteiger partial charge in [0.2, 0.25) is 0 Å². The zero-order chi connectivity index (χ0) is 13.0. The Morgan fingerprint density at radius 3 is 2.67 bits per heavy atom. The number of thiazole rings is 1. The fourth-order valence-corrected chi connectivity index (χ4v) is 2.66. The molecule has 18 heavy (non-hydrogen) atoms. The van der Waals surface area contributed by atoms with E-state index >= 15 is 0 Å². The molecule has 0 unspecified atom stereocenters. The molecule has 0 spiro atoms. The molecule has 2 aromatic rings. The molecular formula is C14H17ClN2S. The van der Waals surface area contributed by atoms with Crippen LogP contribution in [0.4, 0.5) is 0 Å². The molecule has 4 heteroatoms. The van der Waals surface area contributed by atoms with Crippen molar-refractivity contribution >= 4 is 22.9 Å². The predicted molar refractivity (Wildman–Crippen MR) is 78.2 cm³/mol. The van der Waals surface area contributed by atoms with Crippen LogP contribution in [0, 0.1) is 0 Å². The number of nitrogens with one attached hydrogen (secondary N) is 1. The average Bonchev–Trinajstić information content (AvgIpc) is 2.85. The highest BCUT2D eigenvalue weighted by atomic mass is 35.5. The maximum atomic E-state index is 5.88. The van der Waals surface area contributed by atoms with Crippen LogP contribution in [0.1, 0.15) is 35.3 Å². The fraction of sp³-hybridized carbons (Fsp3) is 0.357. The number of nitrogens with zero attached hydrogens (tertiary/aromatic N) is 1. The van der Waals surface area contributed by atoms with E-state index in [0.29, 0.717) is 6.04 Å². The summed E-state index contributed by atoms with van der Waals surface area (Å²) in [5, 5.41) is 5.48. The lowest BCUT2D eigenvalue weighted by Crippen LogP contribution is -2.17. The van der Waals surface area contributed by atoms with Crippen LogP contribution in [0.25, 0.3) is 0 Å². The van der Waals surface area contributed by atoms with E-state index in [-0.39, 0.29) is 0 Å². The van der Waals surface area contributed by atoms with Gasteiger partial charge in [0.15, 0.2) is 0 Å². The van der Waals surface area contributed by atoms with Crippen LogP contribution < -0.4 is 5.32 Å². The van der Waals surface area contributed by atoms with Crippen LogP contribution in [0.5, 0.6) is 0 Å². The first kappa shape index (κ1) is 13.5. The molecule has 2 rings (SSSR count). The van der Waals surface area contributed by atoms with Crippen LogP contribution in [-0.4, -0.2) is 4.98 Å². The van der Waals surface area contributed by atoms with Crippen molar-refractivity contribution in [2.45, 2.75) is 32.9 Å². The molecule has 0 saturated carbocycles. The van der Waals surface area contributed by atoms with Gasteiger partial charge in [-0.15, -0.1) is 11.3 Å². The summed E-state index contributed by atoms with van der Waals surface area (Å²) in [6.07, 6.45) is 2.97. The number of hydrogen-bond donors (Lipinski definition) is 1. The Morgan fingerprint density at radius 1 is 1.33 bits per heavy atom. The van der Waals surface area contributed by atoms with Crippen LogP contribution in [0.15, 0.2) is 30.5 Å². The molecule has 1 N–H and O–H groups in total. The molecule has 0 amide bonds. The molecule has 1 aromatic carbocycles. The topological polar surface area (TPSA) is 24.9 Å². The number of halogens is 1. The Morgan fingerprint density at radius 2 is 2.06 bits per heavy atom. The van der Waals surface area contributed by atoms with Gasteiger partial charge in [-0.2, -0.15) is 0 Å². The van der Waals surface area contributed by atoms with Crippen LogP contribution in [-0.2, 0) is 13.0 Å². The smallest absolute Gasteiger partial charge is 0.0925 e. The lowest BCUT2D eigenvalue weighted by molar-refractivity contribution is 0.578. The number of hydrogen-bond acceptors (Lipinski definition) is 3. The molecule has 0 fully saturated rings. The summed E-state index contributed by atoms with van der Waals surface area (Å²) in [5.74, 6) is 0. The predicted octanol–water partition coefficient (Wildman–Crippen LogP) is 4.21. The van der Waals surface area contributed by atoms with Gasteiger partial charge in [-0.3, -0.25) is 0 Å². The molecule has 2 nitrogen and oxygen atoms in total. The molecule has 0 radical (unpaired) electrons. The number of benzene rings is 1. The first-order valence-electron chi connectivity index (χ1n) is 6.11. The van der Waals surface area contributed by atoms with Gasteiger partial charge in [0.05, 0.1) is 5.01 Å². The SMILES string of the molecule is CCc1ncc(CN[C@H](C)c2ccc(Cl)cc2)s1. The van der Waals surface area contributed by atoms with Crippen molar-refractivity contribution in [3.63, 3.8) is 0 Å².